The van der Waals surface area contributed by atoms with Crippen molar-refractivity contribution >= 4 is 39.9 Å². The van der Waals surface area contributed by atoms with Gasteiger partial charge in [-0.25, -0.2) is 4.98 Å². The molecule has 0 aromatic carbocycles. The van der Waals surface area contributed by atoms with Gasteiger partial charge in [-0.15, -0.1) is 23.1 Å². The Morgan fingerprint density at radius 1 is 1.36 bits per heavy atom. The first-order valence-corrected chi connectivity index (χ1v) is 11.2. The van der Waals surface area contributed by atoms with Crippen LogP contribution in [-0.4, -0.2) is 47.3 Å². The zero-order valence-corrected chi connectivity index (χ0v) is 17.7. The summed E-state index contributed by atoms with van der Waals surface area (Å²) in [6.07, 6.45) is 4.26. The van der Waals surface area contributed by atoms with Crippen LogP contribution in [0.25, 0.3) is 4.96 Å². The molecule has 2 heterocycles. The second-order valence-corrected chi connectivity index (χ2v) is 8.01. The van der Waals surface area contributed by atoms with Gasteiger partial charge in [0.15, 0.2) is 4.96 Å². The lowest BCUT2D eigenvalue weighted by Gasteiger charge is -2.22. The van der Waals surface area contributed by atoms with Crippen LogP contribution in [0.2, 0.25) is 0 Å². The van der Waals surface area contributed by atoms with E-state index in [4.69, 9.17) is 9.47 Å². The SMILES string of the molecule is CCOC(=O)CNC(=O)c1c(SC)nc2sc3c(n2c1=O)C(OCC)CCC3. The zero-order valence-electron chi connectivity index (χ0n) is 16.1. The first-order chi connectivity index (χ1) is 13.5. The molecule has 0 fully saturated rings. The number of carbonyl (C=O) groups excluding carboxylic acids is 2. The molecule has 0 bridgehead atoms. The van der Waals surface area contributed by atoms with Gasteiger partial charge in [-0.05, 0) is 39.4 Å². The van der Waals surface area contributed by atoms with Crippen molar-refractivity contribution < 1.29 is 19.1 Å². The van der Waals surface area contributed by atoms with Crippen LogP contribution >= 0.6 is 23.1 Å². The van der Waals surface area contributed by atoms with E-state index in [9.17, 15) is 14.4 Å². The lowest BCUT2D eigenvalue weighted by Crippen LogP contribution is -2.36. The molecule has 2 aromatic rings. The molecule has 2 aromatic heterocycles. The number of esters is 1. The van der Waals surface area contributed by atoms with Crippen molar-refractivity contribution in [2.45, 2.75) is 44.2 Å². The first-order valence-electron chi connectivity index (χ1n) is 9.19. The number of aromatic nitrogens is 2. The highest BCUT2D eigenvalue weighted by molar-refractivity contribution is 7.98. The van der Waals surface area contributed by atoms with Crippen molar-refractivity contribution in [3.05, 3.63) is 26.5 Å². The highest BCUT2D eigenvalue weighted by Crippen LogP contribution is 2.37. The van der Waals surface area contributed by atoms with Gasteiger partial charge in [-0.3, -0.25) is 18.8 Å². The van der Waals surface area contributed by atoms with Crippen LogP contribution in [0.3, 0.4) is 0 Å². The number of amides is 1. The van der Waals surface area contributed by atoms with Crippen molar-refractivity contribution in [3.63, 3.8) is 0 Å². The first kappa shape index (κ1) is 20.8. The molecule has 1 N–H and O–H groups in total. The Morgan fingerprint density at radius 2 is 2.14 bits per heavy atom. The van der Waals surface area contributed by atoms with E-state index in [2.05, 4.69) is 10.3 Å². The smallest absolute Gasteiger partial charge is 0.325 e. The Bertz CT molecular complexity index is 953. The van der Waals surface area contributed by atoms with Crippen molar-refractivity contribution in [1.29, 1.82) is 0 Å². The molecule has 0 radical (unpaired) electrons. The molecule has 1 atom stereocenters. The molecule has 28 heavy (non-hydrogen) atoms. The van der Waals surface area contributed by atoms with Gasteiger partial charge in [0.25, 0.3) is 11.5 Å². The van der Waals surface area contributed by atoms with Gasteiger partial charge in [0, 0.05) is 11.5 Å². The van der Waals surface area contributed by atoms with E-state index in [-0.39, 0.29) is 24.8 Å². The third-order valence-corrected chi connectivity index (χ3v) is 6.22. The van der Waals surface area contributed by atoms with Gasteiger partial charge in [-0.1, -0.05) is 0 Å². The van der Waals surface area contributed by atoms with Crippen LogP contribution in [0.4, 0.5) is 0 Å². The lowest BCUT2D eigenvalue weighted by molar-refractivity contribution is -0.141. The molecule has 1 amide bonds. The fraction of sp³-hybridized carbons (Fsp3) is 0.556. The summed E-state index contributed by atoms with van der Waals surface area (Å²) in [5, 5.41) is 2.81. The van der Waals surface area contributed by atoms with E-state index in [1.54, 1.807) is 13.2 Å². The average molecular weight is 426 g/mol. The number of carbonyl (C=O) groups is 2. The Morgan fingerprint density at radius 3 is 2.82 bits per heavy atom. The summed E-state index contributed by atoms with van der Waals surface area (Å²) in [7, 11) is 0. The fourth-order valence-electron chi connectivity index (χ4n) is 3.30. The maximum atomic E-state index is 13.3. The van der Waals surface area contributed by atoms with Gasteiger partial charge >= 0.3 is 5.97 Å². The molecule has 152 valence electrons. The summed E-state index contributed by atoms with van der Waals surface area (Å²) in [4.78, 5) is 43.7. The second-order valence-electron chi connectivity index (χ2n) is 6.15. The number of nitrogens with one attached hydrogen (secondary N) is 1. The maximum Gasteiger partial charge on any atom is 0.325 e. The summed E-state index contributed by atoms with van der Waals surface area (Å²) < 4.78 is 12.2. The van der Waals surface area contributed by atoms with E-state index in [1.807, 2.05) is 6.92 Å². The minimum absolute atomic E-state index is 0.0595. The quantitative estimate of drug-likeness (QED) is 0.412. The number of ether oxygens (including phenoxy) is 2. The molecule has 1 aliphatic carbocycles. The Balaban J connectivity index is 2.06. The largest absolute Gasteiger partial charge is 0.465 e. The molecule has 3 rings (SSSR count). The van der Waals surface area contributed by atoms with Gasteiger partial charge in [0.05, 0.1) is 18.4 Å². The molecule has 0 saturated heterocycles. The Kier molecular flexibility index (Phi) is 6.73. The number of rotatable bonds is 7. The van der Waals surface area contributed by atoms with E-state index in [1.165, 1.54) is 27.5 Å². The number of thioether (sulfide) groups is 1. The third kappa shape index (κ3) is 3.94. The number of aryl methyl sites for hydroxylation is 1. The van der Waals surface area contributed by atoms with Gasteiger partial charge in [0.2, 0.25) is 0 Å². The van der Waals surface area contributed by atoms with Crippen LogP contribution < -0.4 is 10.9 Å². The van der Waals surface area contributed by atoms with Crippen LogP contribution in [0, 0.1) is 0 Å². The minimum Gasteiger partial charge on any atom is -0.465 e. The second kappa shape index (κ2) is 9.06. The molecule has 0 saturated carbocycles. The van der Waals surface area contributed by atoms with E-state index in [0.29, 0.717) is 16.6 Å². The predicted molar refractivity (Wildman–Crippen MR) is 107 cm³/mol. The van der Waals surface area contributed by atoms with Crippen molar-refractivity contribution in [1.82, 2.24) is 14.7 Å². The van der Waals surface area contributed by atoms with Gasteiger partial charge in [0.1, 0.15) is 17.1 Å². The van der Waals surface area contributed by atoms with E-state index >= 15 is 0 Å². The monoisotopic (exact) mass is 425 g/mol. The highest BCUT2D eigenvalue weighted by atomic mass is 32.2. The topological polar surface area (TPSA) is 99.0 Å². The molecule has 1 aliphatic rings. The van der Waals surface area contributed by atoms with Crippen LogP contribution in [0.5, 0.6) is 0 Å². The summed E-state index contributed by atoms with van der Waals surface area (Å²) in [5.41, 5.74) is 0.313. The van der Waals surface area contributed by atoms with E-state index < -0.39 is 17.4 Å². The fourth-order valence-corrected chi connectivity index (χ4v) is 5.12. The van der Waals surface area contributed by atoms with Crippen molar-refractivity contribution in [2.24, 2.45) is 0 Å². The molecular formula is C18H23N3O5S2. The molecule has 10 heteroatoms. The standard InChI is InChI=1S/C18H23N3O5S2/c1-4-25-10-7-6-8-11-14(10)21-17(24)13(16(27-3)20-18(21)28-11)15(23)19-9-12(22)26-5-2/h10H,4-9H2,1-3H3,(H,19,23). The molecule has 0 aliphatic heterocycles. The molecule has 1 unspecified atom stereocenters. The molecule has 8 nitrogen and oxygen atoms in total. The maximum absolute atomic E-state index is 13.3. The average Bonchev–Trinajstić information content (AvgIpc) is 3.06. The Hall–Kier alpha value is -1.91. The highest BCUT2D eigenvalue weighted by Gasteiger charge is 2.30. The lowest BCUT2D eigenvalue weighted by atomic mass is 10.00. The van der Waals surface area contributed by atoms with Crippen LogP contribution in [0.1, 0.15) is 53.7 Å². The normalized spacial score (nSPS) is 16.0. The number of fused-ring (bicyclic) bond motifs is 3. The third-order valence-electron chi connectivity index (χ3n) is 4.42. The number of nitrogens with zero attached hydrogens (tertiary/aromatic N) is 2. The number of thiazole rings is 1. The summed E-state index contributed by atoms with van der Waals surface area (Å²) in [6, 6.07) is 0. The number of hydrogen-bond donors (Lipinski definition) is 1. The summed E-state index contributed by atoms with van der Waals surface area (Å²) in [6.45, 7) is 4.07. The van der Waals surface area contributed by atoms with Crippen molar-refractivity contribution in [2.75, 3.05) is 26.0 Å². The Labute approximate surface area is 170 Å². The van der Waals surface area contributed by atoms with Crippen molar-refractivity contribution in [3.8, 4) is 0 Å². The summed E-state index contributed by atoms with van der Waals surface area (Å²) in [5.74, 6) is -1.19. The number of hydrogen-bond acceptors (Lipinski definition) is 8. The minimum atomic E-state index is -0.631. The van der Waals surface area contributed by atoms with Crippen LogP contribution in [-0.2, 0) is 20.7 Å². The zero-order chi connectivity index (χ0) is 20.3. The summed E-state index contributed by atoms with van der Waals surface area (Å²) >= 11 is 2.70. The van der Waals surface area contributed by atoms with Crippen LogP contribution in [0.15, 0.2) is 9.82 Å². The van der Waals surface area contributed by atoms with Gasteiger partial charge in [-0.2, -0.15) is 0 Å². The predicted octanol–water partition coefficient (Wildman–Crippen LogP) is 2.18. The molecular weight excluding hydrogens is 402 g/mol. The molecule has 0 spiro atoms. The van der Waals surface area contributed by atoms with E-state index in [0.717, 1.165) is 29.8 Å². The van der Waals surface area contributed by atoms with Gasteiger partial charge < -0.3 is 14.8 Å².